The molecule has 4 heterocycles. The van der Waals surface area contributed by atoms with Crippen LogP contribution in [-0.2, 0) is 11.0 Å². The van der Waals surface area contributed by atoms with Crippen molar-refractivity contribution in [3.63, 3.8) is 0 Å². The van der Waals surface area contributed by atoms with Gasteiger partial charge in [0.1, 0.15) is 0 Å². The number of nitrogens with zero attached hydrogens (tertiary/aromatic N) is 4. The first-order chi connectivity index (χ1) is 16.3. The zero-order valence-corrected chi connectivity index (χ0v) is 17.5. The number of hydrogen-bond acceptors (Lipinski definition) is 5. The van der Waals surface area contributed by atoms with E-state index in [0.29, 0.717) is 16.9 Å². The fraction of sp³-hybridized carbons (Fsp3) is 0.261. The summed E-state index contributed by atoms with van der Waals surface area (Å²) < 4.78 is 41.6. The van der Waals surface area contributed by atoms with Crippen molar-refractivity contribution in [3.05, 3.63) is 71.3 Å². The number of carbonyl (C=O) groups is 2. The first-order valence-corrected chi connectivity index (χ1v) is 10.7. The second-order valence-corrected chi connectivity index (χ2v) is 8.55. The maximum absolute atomic E-state index is 13.3. The van der Waals surface area contributed by atoms with Gasteiger partial charge < -0.3 is 5.32 Å². The van der Waals surface area contributed by atoms with E-state index in [1.165, 1.54) is 12.3 Å². The predicted molar refractivity (Wildman–Crippen MR) is 114 cm³/mol. The number of amides is 3. The van der Waals surface area contributed by atoms with Crippen LogP contribution in [-0.4, -0.2) is 38.1 Å². The number of hydrogen-bond donors (Lipinski definition) is 2. The van der Waals surface area contributed by atoms with Crippen LogP contribution >= 0.6 is 0 Å². The molecule has 2 N–H and O–H groups in total. The molecule has 3 aromatic heterocycles. The lowest BCUT2D eigenvalue weighted by Crippen LogP contribution is -2.51. The van der Waals surface area contributed by atoms with Crippen LogP contribution in [0.2, 0.25) is 0 Å². The third kappa shape index (κ3) is 3.35. The molecular weight excluding hydrogens is 449 g/mol. The highest BCUT2D eigenvalue weighted by Gasteiger charge is 2.42. The molecule has 2 fully saturated rings. The SMILES string of the molecule is O=C1NCC(c2cc([C@H]3C[C@@H]3c3ccc4c(C(F)(F)F)ccnc4c3)c3nccn3n2)C(=O)N1. The number of carbonyl (C=O) groups excluding carboxylic acids is 2. The van der Waals surface area contributed by atoms with E-state index >= 15 is 0 Å². The minimum Gasteiger partial charge on any atom is -0.337 e. The summed E-state index contributed by atoms with van der Waals surface area (Å²) in [4.78, 5) is 32.3. The summed E-state index contributed by atoms with van der Waals surface area (Å²) >= 11 is 0. The van der Waals surface area contributed by atoms with Gasteiger partial charge in [0.25, 0.3) is 0 Å². The van der Waals surface area contributed by atoms with Crippen LogP contribution in [0.15, 0.2) is 48.9 Å². The topological polar surface area (TPSA) is 101 Å². The van der Waals surface area contributed by atoms with Gasteiger partial charge in [0.05, 0.1) is 22.7 Å². The van der Waals surface area contributed by atoms with E-state index in [1.54, 1.807) is 29.0 Å². The largest absolute Gasteiger partial charge is 0.417 e. The molecule has 172 valence electrons. The summed E-state index contributed by atoms with van der Waals surface area (Å²) in [5.74, 6) is -0.909. The van der Waals surface area contributed by atoms with Crippen LogP contribution in [0.25, 0.3) is 16.6 Å². The molecule has 0 radical (unpaired) electrons. The van der Waals surface area contributed by atoms with Gasteiger partial charge in [-0.1, -0.05) is 12.1 Å². The molecule has 6 rings (SSSR count). The lowest BCUT2D eigenvalue weighted by atomic mass is 9.98. The van der Waals surface area contributed by atoms with Crippen LogP contribution in [0.4, 0.5) is 18.0 Å². The Morgan fingerprint density at radius 1 is 1.03 bits per heavy atom. The monoisotopic (exact) mass is 466 g/mol. The van der Waals surface area contributed by atoms with E-state index in [-0.39, 0.29) is 23.8 Å². The van der Waals surface area contributed by atoms with Gasteiger partial charge >= 0.3 is 12.2 Å². The molecule has 0 bridgehead atoms. The van der Waals surface area contributed by atoms with Crippen molar-refractivity contribution in [3.8, 4) is 0 Å². The smallest absolute Gasteiger partial charge is 0.337 e. The molecule has 4 aromatic rings. The fourth-order valence-corrected chi connectivity index (χ4v) is 4.72. The molecule has 34 heavy (non-hydrogen) atoms. The molecule has 3 amide bonds. The van der Waals surface area contributed by atoms with Crippen LogP contribution in [0.5, 0.6) is 0 Å². The third-order valence-electron chi connectivity index (χ3n) is 6.47. The highest BCUT2D eigenvalue weighted by atomic mass is 19.4. The number of benzene rings is 1. The molecule has 0 spiro atoms. The second-order valence-electron chi connectivity index (χ2n) is 8.55. The van der Waals surface area contributed by atoms with Crippen molar-refractivity contribution in [1.29, 1.82) is 0 Å². The molecule has 1 aliphatic heterocycles. The van der Waals surface area contributed by atoms with Gasteiger partial charge in [0, 0.05) is 36.1 Å². The fourth-order valence-electron chi connectivity index (χ4n) is 4.72. The van der Waals surface area contributed by atoms with Crippen LogP contribution < -0.4 is 10.6 Å². The Morgan fingerprint density at radius 3 is 2.68 bits per heavy atom. The quantitative estimate of drug-likeness (QED) is 0.481. The maximum Gasteiger partial charge on any atom is 0.417 e. The van der Waals surface area contributed by atoms with Crippen LogP contribution in [0.3, 0.4) is 0 Å². The van der Waals surface area contributed by atoms with Crippen molar-refractivity contribution < 1.29 is 22.8 Å². The van der Waals surface area contributed by atoms with Gasteiger partial charge in [-0.15, -0.1) is 0 Å². The Balaban J connectivity index is 1.35. The molecule has 11 heteroatoms. The minimum atomic E-state index is -4.45. The molecule has 8 nitrogen and oxygen atoms in total. The maximum atomic E-state index is 13.3. The van der Waals surface area contributed by atoms with Crippen LogP contribution in [0.1, 0.15) is 46.6 Å². The van der Waals surface area contributed by atoms with Gasteiger partial charge in [-0.05, 0) is 42.0 Å². The number of nitrogens with one attached hydrogen (secondary N) is 2. The number of imide groups is 1. The number of imidazole rings is 1. The standard InChI is InChI=1S/C23H17F3N6O2/c24-23(25,26)17-3-4-27-18-7-11(1-2-12(17)18)13-8-14(13)15-9-19(31-32-6-5-28-20(15)32)16-10-29-22(34)30-21(16)33/h1-7,9,13-14,16H,8,10H2,(H2,29,30,33,34)/t13-,14+,16?/m1/s1. The van der Waals surface area contributed by atoms with Crippen molar-refractivity contribution in [1.82, 2.24) is 30.2 Å². The van der Waals surface area contributed by atoms with Crippen LogP contribution in [0, 0.1) is 0 Å². The number of fused-ring (bicyclic) bond motifs is 2. The molecule has 1 saturated carbocycles. The molecule has 1 unspecified atom stereocenters. The Morgan fingerprint density at radius 2 is 1.88 bits per heavy atom. The van der Waals surface area contributed by atoms with Gasteiger partial charge in [-0.3, -0.25) is 15.1 Å². The summed E-state index contributed by atoms with van der Waals surface area (Å²) in [5, 5.41) is 9.45. The summed E-state index contributed by atoms with van der Waals surface area (Å²) in [5.41, 5.74) is 2.58. The number of alkyl halides is 3. The van der Waals surface area contributed by atoms with Gasteiger partial charge in [0.2, 0.25) is 5.91 Å². The summed E-state index contributed by atoms with van der Waals surface area (Å²) in [6, 6.07) is 7.21. The number of aromatic nitrogens is 4. The molecule has 1 aliphatic carbocycles. The van der Waals surface area contributed by atoms with E-state index in [9.17, 15) is 22.8 Å². The lowest BCUT2D eigenvalue weighted by molar-refractivity contribution is -0.136. The normalized spacial score (nSPS) is 22.6. The average molecular weight is 466 g/mol. The van der Waals surface area contributed by atoms with E-state index in [1.807, 2.05) is 6.07 Å². The minimum absolute atomic E-state index is 0.0659. The Kier molecular flexibility index (Phi) is 4.38. The number of pyridine rings is 1. The number of rotatable bonds is 3. The number of urea groups is 1. The highest BCUT2D eigenvalue weighted by molar-refractivity contribution is 6.00. The van der Waals surface area contributed by atoms with Crippen molar-refractivity contribution in [2.45, 2.75) is 30.4 Å². The van der Waals surface area contributed by atoms with E-state index in [2.05, 4.69) is 25.7 Å². The summed E-state index contributed by atoms with van der Waals surface area (Å²) in [7, 11) is 0. The summed E-state index contributed by atoms with van der Waals surface area (Å²) in [6.07, 6.45) is 0.821. The van der Waals surface area contributed by atoms with E-state index in [0.717, 1.165) is 23.6 Å². The van der Waals surface area contributed by atoms with Crippen molar-refractivity contribution in [2.75, 3.05) is 6.54 Å². The zero-order chi connectivity index (χ0) is 23.6. The zero-order valence-electron chi connectivity index (χ0n) is 17.5. The van der Waals surface area contributed by atoms with Gasteiger partial charge in [-0.2, -0.15) is 18.3 Å². The highest BCUT2D eigenvalue weighted by Crippen LogP contribution is 2.56. The molecule has 3 atom stereocenters. The van der Waals surface area contributed by atoms with Gasteiger partial charge in [0.15, 0.2) is 5.65 Å². The van der Waals surface area contributed by atoms with E-state index < -0.39 is 29.6 Å². The number of halogens is 3. The van der Waals surface area contributed by atoms with Crippen molar-refractivity contribution in [2.24, 2.45) is 0 Å². The second kappa shape index (κ2) is 7.24. The molecule has 1 aromatic carbocycles. The first-order valence-electron chi connectivity index (χ1n) is 10.7. The van der Waals surface area contributed by atoms with E-state index in [4.69, 9.17) is 0 Å². The molecular formula is C23H17F3N6O2. The van der Waals surface area contributed by atoms with Gasteiger partial charge in [-0.25, -0.2) is 14.3 Å². The Hall–Kier alpha value is -4.02. The summed E-state index contributed by atoms with van der Waals surface area (Å²) in [6.45, 7) is 0.142. The average Bonchev–Trinajstić information content (AvgIpc) is 3.45. The predicted octanol–water partition coefficient (Wildman–Crippen LogP) is 3.49. The molecule has 2 aliphatic rings. The lowest BCUT2D eigenvalue weighted by Gasteiger charge is -2.22. The van der Waals surface area contributed by atoms with Crippen molar-refractivity contribution >= 4 is 28.5 Å². The Labute approximate surface area is 190 Å². The first kappa shape index (κ1) is 20.6. The third-order valence-corrected chi connectivity index (χ3v) is 6.47. The molecule has 1 saturated heterocycles. The Bertz CT molecular complexity index is 1480.